The highest BCUT2D eigenvalue weighted by Gasteiger charge is 1.86. The van der Waals surface area contributed by atoms with Crippen LogP contribution in [-0.2, 0) is 0 Å². The minimum absolute atomic E-state index is 0. The van der Waals surface area contributed by atoms with Gasteiger partial charge in [-0.05, 0) is 34.0 Å². The van der Waals surface area contributed by atoms with Gasteiger partial charge in [0.2, 0.25) is 0 Å². The van der Waals surface area contributed by atoms with Crippen molar-refractivity contribution in [1.82, 2.24) is 11.1 Å². The first kappa shape index (κ1) is 13.9. The largest absolute Gasteiger partial charge is 0.344 e. The molecule has 0 aliphatic rings. The van der Waals surface area contributed by atoms with Gasteiger partial charge >= 0.3 is 0 Å². The summed E-state index contributed by atoms with van der Waals surface area (Å²) >= 11 is 0. The topological polar surface area (TPSA) is 63.0 Å². The summed E-state index contributed by atoms with van der Waals surface area (Å²) in [4.78, 5) is 9.99. The van der Waals surface area contributed by atoms with Crippen LogP contribution in [0, 0.1) is 0 Å². The molecule has 0 saturated carbocycles. The molecule has 0 aromatic carbocycles. The van der Waals surface area contributed by atoms with Crippen LogP contribution in [-0.4, -0.2) is 44.6 Å². The molecular formula is C8H20N4. The van der Waals surface area contributed by atoms with E-state index in [1.165, 1.54) is 0 Å². The van der Waals surface area contributed by atoms with Crippen molar-refractivity contribution in [2.75, 3.05) is 33.7 Å². The van der Waals surface area contributed by atoms with Gasteiger partial charge in [0.15, 0.2) is 0 Å². The van der Waals surface area contributed by atoms with Crippen LogP contribution in [0.15, 0.2) is 9.98 Å². The zero-order valence-corrected chi connectivity index (χ0v) is 8.38. The Morgan fingerprint density at radius 2 is 1.92 bits per heavy atom. The van der Waals surface area contributed by atoms with Crippen molar-refractivity contribution in [3.63, 3.8) is 0 Å². The molecule has 0 amide bonds. The second-order valence-corrected chi connectivity index (χ2v) is 2.61. The zero-order valence-electron chi connectivity index (χ0n) is 8.38. The van der Waals surface area contributed by atoms with Crippen LogP contribution in [0.3, 0.4) is 0 Å². The highest BCUT2D eigenvalue weighted by molar-refractivity contribution is 5.40. The smallest absolute Gasteiger partial charge is 0.0892 e. The Labute approximate surface area is 75.0 Å². The lowest BCUT2D eigenvalue weighted by atomic mass is 10.4. The lowest BCUT2D eigenvalue weighted by Gasteiger charge is -2.05. The van der Waals surface area contributed by atoms with Crippen LogP contribution in [0.1, 0.15) is 13.3 Å². The van der Waals surface area contributed by atoms with Crippen LogP contribution < -0.4 is 6.15 Å². The fourth-order valence-corrected chi connectivity index (χ4v) is 0.637. The summed E-state index contributed by atoms with van der Waals surface area (Å²) in [7, 11) is 4.12. The molecule has 12 heavy (non-hydrogen) atoms. The van der Waals surface area contributed by atoms with Crippen LogP contribution >= 0.6 is 0 Å². The van der Waals surface area contributed by atoms with Crippen molar-refractivity contribution in [3.05, 3.63) is 0 Å². The van der Waals surface area contributed by atoms with Crippen molar-refractivity contribution >= 4 is 6.01 Å². The molecule has 0 atom stereocenters. The minimum atomic E-state index is 0. The average molecular weight is 172 g/mol. The average Bonchev–Trinajstić information content (AvgIpc) is 1.96. The Bertz CT molecular complexity index is 136. The molecule has 0 bridgehead atoms. The first-order valence-corrected chi connectivity index (χ1v) is 4.00. The van der Waals surface area contributed by atoms with Gasteiger partial charge in [-0.1, -0.05) is 0 Å². The summed E-state index contributed by atoms with van der Waals surface area (Å²) < 4.78 is 0. The fourth-order valence-electron chi connectivity index (χ4n) is 0.637. The molecule has 0 aliphatic heterocycles. The van der Waals surface area contributed by atoms with Gasteiger partial charge in [-0.15, -0.1) is 0 Å². The van der Waals surface area contributed by atoms with Crippen LogP contribution in [0.4, 0.5) is 0 Å². The summed E-state index contributed by atoms with van der Waals surface area (Å²) in [5.74, 6) is 0. The number of aliphatic imine (C=N–C) groups is 2. The van der Waals surface area contributed by atoms with E-state index >= 15 is 0 Å². The highest BCUT2D eigenvalue weighted by Crippen LogP contribution is 1.82. The predicted octanol–water partition coefficient (Wildman–Crippen LogP) is 1.29. The lowest BCUT2D eigenvalue weighted by molar-refractivity contribution is 0.403. The van der Waals surface area contributed by atoms with Gasteiger partial charge in [-0.2, -0.15) is 0 Å². The Hall–Kier alpha value is -0.700. The van der Waals surface area contributed by atoms with E-state index in [1.807, 2.05) is 6.92 Å². The normalized spacial score (nSPS) is 8.67. The van der Waals surface area contributed by atoms with Crippen LogP contribution in [0.2, 0.25) is 0 Å². The van der Waals surface area contributed by atoms with Gasteiger partial charge in [-0.3, -0.25) is 0 Å². The van der Waals surface area contributed by atoms with Gasteiger partial charge in [0, 0.05) is 6.54 Å². The summed E-state index contributed by atoms with van der Waals surface area (Å²) in [5, 5.41) is 0. The second kappa shape index (κ2) is 10.3. The molecule has 0 aromatic rings. The number of nitrogens with zero attached hydrogens (tertiary/aromatic N) is 3. The highest BCUT2D eigenvalue weighted by atomic mass is 15.0. The molecular weight excluding hydrogens is 152 g/mol. The van der Waals surface area contributed by atoms with Gasteiger partial charge in [-0.25, -0.2) is 9.98 Å². The zero-order chi connectivity index (χ0) is 8.53. The molecule has 3 N–H and O–H groups in total. The quantitative estimate of drug-likeness (QED) is 0.501. The maximum atomic E-state index is 3.99. The van der Waals surface area contributed by atoms with E-state index < -0.39 is 0 Å². The molecule has 72 valence electrons. The second-order valence-electron chi connectivity index (χ2n) is 2.61. The molecule has 0 spiro atoms. The number of hydrogen-bond acceptors (Lipinski definition) is 4. The van der Waals surface area contributed by atoms with Crippen LogP contribution in [0.5, 0.6) is 0 Å². The third-order valence-corrected chi connectivity index (χ3v) is 1.17. The predicted molar refractivity (Wildman–Crippen MR) is 53.5 cm³/mol. The lowest BCUT2D eigenvalue weighted by Crippen LogP contribution is -2.13. The fraction of sp³-hybridized carbons (Fsp3) is 0.875. The van der Waals surface area contributed by atoms with Crippen molar-refractivity contribution in [2.45, 2.75) is 13.3 Å². The number of rotatable bonds is 5. The van der Waals surface area contributed by atoms with Crippen molar-refractivity contribution in [2.24, 2.45) is 9.98 Å². The molecule has 0 heterocycles. The van der Waals surface area contributed by atoms with E-state index in [2.05, 4.69) is 35.0 Å². The summed E-state index contributed by atoms with van der Waals surface area (Å²) in [6, 6.07) is 2.64. The molecule has 4 heteroatoms. The van der Waals surface area contributed by atoms with Crippen LogP contribution in [0.25, 0.3) is 0 Å². The first-order valence-electron chi connectivity index (χ1n) is 4.00. The third kappa shape index (κ3) is 12.0. The molecule has 0 rings (SSSR count). The van der Waals surface area contributed by atoms with E-state index in [0.29, 0.717) is 0 Å². The summed E-state index contributed by atoms with van der Waals surface area (Å²) in [5.41, 5.74) is 0. The van der Waals surface area contributed by atoms with Gasteiger partial charge in [0.1, 0.15) is 0 Å². The Morgan fingerprint density at radius 1 is 1.25 bits per heavy atom. The standard InChI is InChI=1S/C8H17N3.H3N/c1-4-9-8-10-6-5-7-11(2)3;/h4-7H2,1-3H3;1H3. The van der Waals surface area contributed by atoms with Crippen molar-refractivity contribution < 1.29 is 0 Å². The third-order valence-electron chi connectivity index (χ3n) is 1.17. The van der Waals surface area contributed by atoms with Gasteiger partial charge in [0.25, 0.3) is 0 Å². The molecule has 0 aliphatic carbocycles. The Balaban J connectivity index is 0. The van der Waals surface area contributed by atoms with E-state index in [-0.39, 0.29) is 6.15 Å². The Kier molecular flexibility index (Phi) is 11.9. The molecule has 0 saturated heterocycles. The first-order chi connectivity index (χ1) is 5.27. The molecule has 4 nitrogen and oxygen atoms in total. The van der Waals surface area contributed by atoms with Crippen molar-refractivity contribution in [3.8, 4) is 0 Å². The Morgan fingerprint density at radius 3 is 2.42 bits per heavy atom. The maximum Gasteiger partial charge on any atom is 0.0892 e. The maximum absolute atomic E-state index is 3.99. The number of hydrogen-bond donors (Lipinski definition) is 1. The van der Waals surface area contributed by atoms with Crippen molar-refractivity contribution in [1.29, 1.82) is 0 Å². The van der Waals surface area contributed by atoms with E-state index in [1.54, 1.807) is 0 Å². The SMILES string of the molecule is CCN=C=NCCCN(C)C.N. The molecule has 0 radical (unpaired) electrons. The molecule has 0 unspecified atom stereocenters. The van der Waals surface area contributed by atoms with E-state index in [0.717, 1.165) is 26.1 Å². The van der Waals surface area contributed by atoms with E-state index in [9.17, 15) is 0 Å². The summed E-state index contributed by atoms with van der Waals surface area (Å²) in [6.45, 7) is 4.67. The van der Waals surface area contributed by atoms with Gasteiger partial charge in [0.05, 0.1) is 12.6 Å². The minimum Gasteiger partial charge on any atom is -0.344 e. The molecule has 0 aromatic heterocycles. The van der Waals surface area contributed by atoms with Gasteiger partial charge < -0.3 is 11.1 Å². The van der Waals surface area contributed by atoms with E-state index in [4.69, 9.17) is 0 Å². The molecule has 0 fully saturated rings. The summed E-state index contributed by atoms with van der Waals surface area (Å²) in [6.07, 6.45) is 1.08. The monoisotopic (exact) mass is 172 g/mol.